The van der Waals surface area contributed by atoms with Crippen molar-refractivity contribution in [2.75, 3.05) is 0 Å². The molecule has 2 aromatic rings. The molecule has 0 aliphatic carbocycles. The highest BCUT2D eigenvalue weighted by Gasteiger charge is 2.09. The van der Waals surface area contributed by atoms with Crippen LogP contribution in [0.2, 0.25) is 5.02 Å². The van der Waals surface area contributed by atoms with E-state index in [1.54, 1.807) is 18.2 Å². The third kappa shape index (κ3) is 1.74. The van der Waals surface area contributed by atoms with E-state index in [1.165, 1.54) is 0 Å². The Morgan fingerprint density at radius 3 is 2.62 bits per heavy atom. The fourth-order valence-corrected chi connectivity index (χ4v) is 2.02. The average molecular weight is 235 g/mol. The standard InChI is InChI=1S/C12H11ClN2O/c1-6-3-8(12(14)16)5-9-10(13)4-7(2)15-11(6)9/h3-5H,1-2H3,(H2,14,16). The van der Waals surface area contributed by atoms with Crippen LogP contribution in [0.4, 0.5) is 0 Å². The Labute approximate surface area is 98.2 Å². The number of halogens is 1. The first-order chi connectivity index (χ1) is 7.49. The summed E-state index contributed by atoms with van der Waals surface area (Å²) in [6.45, 7) is 3.77. The molecule has 4 heteroatoms. The molecule has 2 rings (SSSR count). The van der Waals surface area contributed by atoms with E-state index in [-0.39, 0.29) is 0 Å². The van der Waals surface area contributed by atoms with Crippen LogP contribution in [0.25, 0.3) is 10.9 Å². The van der Waals surface area contributed by atoms with E-state index in [1.807, 2.05) is 13.8 Å². The highest BCUT2D eigenvalue weighted by atomic mass is 35.5. The summed E-state index contributed by atoms with van der Waals surface area (Å²) in [7, 11) is 0. The summed E-state index contributed by atoms with van der Waals surface area (Å²) in [6.07, 6.45) is 0. The minimum Gasteiger partial charge on any atom is -0.366 e. The number of primary amides is 1. The van der Waals surface area contributed by atoms with Crippen LogP contribution in [-0.2, 0) is 0 Å². The molecule has 0 unspecified atom stereocenters. The van der Waals surface area contributed by atoms with E-state index in [0.29, 0.717) is 10.6 Å². The number of carbonyl (C=O) groups is 1. The Balaban J connectivity index is 2.87. The SMILES string of the molecule is Cc1cc(Cl)c2cc(C(N)=O)cc(C)c2n1. The maximum atomic E-state index is 11.1. The predicted octanol–water partition coefficient (Wildman–Crippen LogP) is 2.60. The van der Waals surface area contributed by atoms with Gasteiger partial charge in [-0.05, 0) is 37.6 Å². The largest absolute Gasteiger partial charge is 0.366 e. The summed E-state index contributed by atoms with van der Waals surface area (Å²) in [5.74, 6) is -0.457. The first-order valence-electron chi connectivity index (χ1n) is 4.86. The third-order valence-corrected chi connectivity index (χ3v) is 2.78. The van der Waals surface area contributed by atoms with Crippen molar-refractivity contribution >= 4 is 28.4 Å². The number of hydrogen-bond acceptors (Lipinski definition) is 2. The van der Waals surface area contributed by atoms with E-state index < -0.39 is 5.91 Å². The smallest absolute Gasteiger partial charge is 0.248 e. The number of hydrogen-bond donors (Lipinski definition) is 1. The van der Waals surface area contributed by atoms with Crippen LogP contribution in [0.3, 0.4) is 0 Å². The molecule has 0 aliphatic rings. The van der Waals surface area contributed by atoms with Gasteiger partial charge >= 0.3 is 0 Å². The molecule has 2 N–H and O–H groups in total. The van der Waals surface area contributed by atoms with Gasteiger partial charge in [-0.3, -0.25) is 9.78 Å². The van der Waals surface area contributed by atoms with Crippen molar-refractivity contribution in [2.45, 2.75) is 13.8 Å². The van der Waals surface area contributed by atoms with Gasteiger partial charge in [0.2, 0.25) is 5.91 Å². The maximum Gasteiger partial charge on any atom is 0.248 e. The van der Waals surface area contributed by atoms with E-state index >= 15 is 0 Å². The summed E-state index contributed by atoms with van der Waals surface area (Å²) in [4.78, 5) is 15.5. The molecule has 16 heavy (non-hydrogen) atoms. The van der Waals surface area contributed by atoms with Gasteiger partial charge in [-0.25, -0.2) is 0 Å². The Morgan fingerprint density at radius 2 is 2.00 bits per heavy atom. The molecule has 0 aliphatic heterocycles. The predicted molar refractivity (Wildman–Crippen MR) is 64.7 cm³/mol. The third-order valence-electron chi connectivity index (χ3n) is 2.47. The molecule has 0 spiro atoms. The molecule has 0 fully saturated rings. The number of nitrogens with zero attached hydrogens (tertiary/aromatic N) is 1. The quantitative estimate of drug-likeness (QED) is 0.825. The number of rotatable bonds is 1. The lowest BCUT2D eigenvalue weighted by Crippen LogP contribution is -2.11. The topological polar surface area (TPSA) is 56.0 Å². The summed E-state index contributed by atoms with van der Waals surface area (Å²) in [5, 5.41) is 1.36. The number of aryl methyl sites for hydroxylation is 2. The number of amides is 1. The summed E-state index contributed by atoms with van der Waals surface area (Å²) >= 11 is 6.12. The van der Waals surface area contributed by atoms with Gasteiger partial charge in [-0.2, -0.15) is 0 Å². The average Bonchev–Trinajstić information content (AvgIpc) is 2.19. The van der Waals surface area contributed by atoms with Gasteiger partial charge < -0.3 is 5.73 Å². The molecule has 0 radical (unpaired) electrons. The van der Waals surface area contributed by atoms with E-state index in [2.05, 4.69) is 4.98 Å². The molecular formula is C12H11ClN2O. The molecule has 0 atom stereocenters. The van der Waals surface area contributed by atoms with Gasteiger partial charge in [0.25, 0.3) is 0 Å². The molecule has 0 bridgehead atoms. The second-order valence-corrected chi connectivity index (χ2v) is 4.21. The van der Waals surface area contributed by atoms with Gasteiger partial charge in [0.1, 0.15) is 0 Å². The molecule has 1 amide bonds. The van der Waals surface area contributed by atoms with Crippen molar-refractivity contribution < 1.29 is 4.79 Å². The highest BCUT2D eigenvalue weighted by molar-refractivity contribution is 6.35. The van der Waals surface area contributed by atoms with Gasteiger partial charge in [0, 0.05) is 16.6 Å². The van der Waals surface area contributed by atoms with Crippen LogP contribution < -0.4 is 5.73 Å². The minimum atomic E-state index is -0.457. The highest BCUT2D eigenvalue weighted by Crippen LogP contribution is 2.26. The van der Waals surface area contributed by atoms with Crippen molar-refractivity contribution in [3.8, 4) is 0 Å². The van der Waals surface area contributed by atoms with E-state index in [9.17, 15) is 4.79 Å². The Bertz CT molecular complexity index is 593. The number of benzene rings is 1. The zero-order valence-corrected chi connectivity index (χ0v) is 9.80. The van der Waals surface area contributed by atoms with Crippen LogP contribution in [-0.4, -0.2) is 10.9 Å². The zero-order valence-electron chi connectivity index (χ0n) is 9.04. The first-order valence-corrected chi connectivity index (χ1v) is 5.24. The fourth-order valence-electron chi connectivity index (χ4n) is 1.72. The van der Waals surface area contributed by atoms with Crippen molar-refractivity contribution in [3.05, 3.63) is 40.0 Å². The van der Waals surface area contributed by atoms with Crippen LogP contribution in [0, 0.1) is 13.8 Å². The van der Waals surface area contributed by atoms with E-state index in [4.69, 9.17) is 17.3 Å². The summed E-state index contributed by atoms with van der Waals surface area (Å²) in [6, 6.07) is 5.18. The van der Waals surface area contributed by atoms with Crippen LogP contribution >= 0.6 is 11.6 Å². The molecule has 0 saturated heterocycles. The number of aromatic nitrogens is 1. The van der Waals surface area contributed by atoms with Crippen LogP contribution in [0.1, 0.15) is 21.6 Å². The second-order valence-electron chi connectivity index (χ2n) is 3.80. The number of nitrogens with two attached hydrogens (primary N) is 1. The summed E-state index contributed by atoms with van der Waals surface area (Å²) < 4.78 is 0. The Morgan fingerprint density at radius 1 is 1.31 bits per heavy atom. The lowest BCUT2D eigenvalue weighted by molar-refractivity contribution is 0.100. The fraction of sp³-hybridized carbons (Fsp3) is 0.167. The normalized spacial score (nSPS) is 10.7. The Hall–Kier alpha value is -1.61. The Kier molecular flexibility index (Phi) is 2.56. The van der Waals surface area contributed by atoms with E-state index in [0.717, 1.165) is 22.2 Å². The molecular weight excluding hydrogens is 224 g/mol. The van der Waals surface area contributed by atoms with Gasteiger partial charge in [-0.15, -0.1) is 0 Å². The van der Waals surface area contributed by atoms with Crippen molar-refractivity contribution in [1.82, 2.24) is 4.98 Å². The molecule has 82 valence electrons. The molecule has 1 heterocycles. The van der Waals surface area contributed by atoms with Gasteiger partial charge in [0.05, 0.1) is 10.5 Å². The van der Waals surface area contributed by atoms with Gasteiger partial charge in [-0.1, -0.05) is 11.6 Å². The number of pyridine rings is 1. The molecule has 1 aromatic carbocycles. The van der Waals surface area contributed by atoms with Crippen molar-refractivity contribution in [2.24, 2.45) is 5.73 Å². The minimum absolute atomic E-state index is 0.456. The first kappa shape index (κ1) is 10.9. The number of carbonyl (C=O) groups excluding carboxylic acids is 1. The molecule has 0 saturated carbocycles. The lowest BCUT2D eigenvalue weighted by Gasteiger charge is -2.07. The number of fused-ring (bicyclic) bond motifs is 1. The maximum absolute atomic E-state index is 11.1. The second kappa shape index (κ2) is 3.76. The molecule has 3 nitrogen and oxygen atoms in total. The van der Waals surface area contributed by atoms with Crippen molar-refractivity contribution in [3.63, 3.8) is 0 Å². The molecule has 1 aromatic heterocycles. The van der Waals surface area contributed by atoms with Crippen LogP contribution in [0.5, 0.6) is 0 Å². The lowest BCUT2D eigenvalue weighted by atomic mass is 10.1. The zero-order chi connectivity index (χ0) is 11.9. The van der Waals surface area contributed by atoms with Crippen LogP contribution in [0.15, 0.2) is 18.2 Å². The summed E-state index contributed by atoms with van der Waals surface area (Å²) in [5.41, 5.74) is 8.28. The van der Waals surface area contributed by atoms with Gasteiger partial charge in [0.15, 0.2) is 0 Å². The monoisotopic (exact) mass is 234 g/mol. The van der Waals surface area contributed by atoms with Crippen molar-refractivity contribution in [1.29, 1.82) is 0 Å².